The molecule has 0 fully saturated rings. The molecule has 8 nitrogen and oxygen atoms in total. The van der Waals surface area contributed by atoms with Gasteiger partial charge >= 0.3 is 0 Å². The molecule has 0 aliphatic rings. The SMILES string of the molecule is CC(C)CC(NC(=O)c1ccc(-c2ccccc2)cc1)C(=O)NCC(=O)CNC(=O)Cc1cccc(-c2ccccn2)c1. The van der Waals surface area contributed by atoms with Gasteiger partial charge in [-0.25, -0.2) is 0 Å². The highest BCUT2D eigenvalue weighted by Gasteiger charge is 2.23. The zero-order valence-electron chi connectivity index (χ0n) is 24.4. The Morgan fingerprint density at radius 2 is 1.40 bits per heavy atom. The molecule has 3 amide bonds. The summed E-state index contributed by atoms with van der Waals surface area (Å²) >= 11 is 0. The van der Waals surface area contributed by atoms with Gasteiger partial charge in [-0.2, -0.15) is 0 Å². The van der Waals surface area contributed by atoms with E-state index in [9.17, 15) is 19.2 Å². The van der Waals surface area contributed by atoms with E-state index in [0.29, 0.717) is 12.0 Å². The van der Waals surface area contributed by atoms with E-state index in [-0.39, 0.29) is 43.0 Å². The van der Waals surface area contributed by atoms with Gasteiger partial charge in [-0.1, -0.05) is 80.6 Å². The fraction of sp³-hybridized carbons (Fsp3) is 0.229. The van der Waals surface area contributed by atoms with E-state index < -0.39 is 11.9 Å². The average molecular weight is 577 g/mol. The van der Waals surface area contributed by atoms with Gasteiger partial charge in [0.1, 0.15) is 6.04 Å². The van der Waals surface area contributed by atoms with Crippen LogP contribution in [0.15, 0.2) is 103 Å². The number of carbonyl (C=O) groups is 4. The number of nitrogens with zero attached hydrogens (tertiary/aromatic N) is 1. The Morgan fingerprint density at radius 1 is 0.721 bits per heavy atom. The Labute approximate surface area is 251 Å². The van der Waals surface area contributed by atoms with Gasteiger partial charge in [0.05, 0.1) is 25.2 Å². The number of nitrogens with one attached hydrogen (secondary N) is 3. The predicted octanol–water partition coefficient (Wildman–Crippen LogP) is 4.60. The van der Waals surface area contributed by atoms with Gasteiger partial charge in [0.25, 0.3) is 5.91 Å². The van der Waals surface area contributed by atoms with Gasteiger partial charge in [0.15, 0.2) is 5.78 Å². The minimum Gasteiger partial charge on any atom is -0.349 e. The normalized spacial score (nSPS) is 11.4. The van der Waals surface area contributed by atoms with Crippen LogP contribution in [0.1, 0.15) is 36.2 Å². The van der Waals surface area contributed by atoms with E-state index in [2.05, 4.69) is 20.9 Å². The van der Waals surface area contributed by atoms with Crippen LogP contribution in [-0.2, 0) is 20.8 Å². The predicted molar refractivity (Wildman–Crippen MR) is 167 cm³/mol. The smallest absolute Gasteiger partial charge is 0.251 e. The highest BCUT2D eigenvalue weighted by atomic mass is 16.2. The van der Waals surface area contributed by atoms with Gasteiger partial charge in [-0.05, 0) is 59.4 Å². The van der Waals surface area contributed by atoms with E-state index in [1.807, 2.05) is 98.8 Å². The summed E-state index contributed by atoms with van der Waals surface area (Å²) < 4.78 is 0. The second kappa shape index (κ2) is 15.2. The molecule has 3 N–H and O–H groups in total. The summed E-state index contributed by atoms with van der Waals surface area (Å²) in [5.41, 5.74) is 4.97. The van der Waals surface area contributed by atoms with Crippen LogP contribution in [0.5, 0.6) is 0 Å². The highest BCUT2D eigenvalue weighted by molar-refractivity contribution is 5.98. The monoisotopic (exact) mass is 576 g/mol. The Balaban J connectivity index is 1.25. The van der Waals surface area contributed by atoms with Crippen LogP contribution in [0.4, 0.5) is 0 Å². The van der Waals surface area contributed by atoms with Crippen molar-refractivity contribution >= 4 is 23.5 Å². The molecular formula is C35H36N4O4. The highest BCUT2D eigenvalue weighted by Crippen LogP contribution is 2.20. The Kier molecular flexibility index (Phi) is 10.9. The van der Waals surface area contributed by atoms with Crippen molar-refractivity contribution in [1.82, 2.24) is 20.9 Å². The zero-order valence-corrected chi connectivity index (χ0v) is 24.4. The minimum absolute atomic E-state index is 0.106. The first-order chi connectivity index (χ1) is 20.8. The van der Waals surface area contributed by atoms with Gasteiger partial charge in [0, 0.05) is 17.3 Å². The molecule has 1 unspecified atom stereocenters. The maximum atomic E-state index is 12.9. The molecule has 0 bridgehead atoms. The molecule has 4 aromatic rings. The lowest BCUT2D eigenvalue weighted by Gasteiger charge is -2.20. The Bertz CT molecular complexity index is 1540. The molecule has 4 rings (SSSR count). The van der Waals surface area contributed by atoms with Crippen LogP contribution in [-0.4, -0.2) is 47.6 Å². The van der Waals surface area contributed by atoms with Gasteiger partial charge in [-0.3, -0.25) is 24.2 Å². The summed E-state index contributed by atoms with van der Waals surface area (Å²) in [5, 5.41) is 8.04. The molecule has 0 saturated carbocycles. The summed E-state index contributed by atoms with van der Waals surface area (Å²) in [6.07, 6.45) is 2.22. The molecule has 0 saturated heterocycles. The van der Waals surface area contributed by atoms with Crippen molar-refractivity contribution in [3.63, 3.8) is 0 Å². The molecular weight excluding hydrogens is 540 g/mol. The lowest BCUT2D eigenvalue weighted by atomic mass is 10.0. The Morgan fingerprint density at radius 3 is 2.09 bits per heavy atom. The van der Waals surface area contributed by atoms with Gasteiger partial charge < -0.3 is 16.0 Å². The molecule has 43 heavy (non-hydrogen) atoms. The first-order valence-electron chi connectivity index (χ1n) is 14.3. The van der Waals surface area contributed by atoms with Crippen LogP contribution >= 0.6 is 0 Å². The maximum absolute atomic E-state index is 12.9. The van der Waals surface area contributed by atoms with Crippen LogP contribution in [0.25, 0.3) is 22.4 Å². The number of amides is 3. The number of hydrogen-bond donors (Lipinski definition) is 3. The molecule has 220 valence electrons. The van der Waals surface area contributed by atoms with Crippen molar-refractivity contribution in [2.45, 2.75) is 32.7 Å². The number of rotatable bonds is 13. The Hall–Kier alpha value is -5.11. The second-order valence-corrected chi connectivity index (χ2v) is 10.7. The zero-order chi connectivity index (χ0) is 30.6. The number of pyridine rings is 1. The molecule has 1 atom stereocenters. The molecule has 0 aliphatic carbocycles. The third kappa shape index (κ3) is 9.46. The maximum Gasteiger partial charge on any atom is 0.251 e. The summed E-state index contributed by atoms with van der Waals surface area (Å²) in [6, 6.07) is 29.4. The van der Waals surface area contributed by atoms with Crippen molar-refractivity contribution in [2.24, 2.45) is 5.92 Å². The van der Waals surface area contributed by atoms with Crippen LogP contribution < -0.4 is 16.0 Å². The quantitative estimate of drug-likeness (QED) is 0.215. The lowest BCUT2D eigenvalue weighted by Crippen LogP contribution is -2.49. The number of benzene rings is 3. The molecule has 0 aliphatic heterocycles. The van der Waals surface area contributed by atoms with Crippen molar-refractivity contribution in [3.05, 3.63) is 114 Å². The van der Waals surface area contributed by atoms with Crippen molar-refractivity contribution in [1.29, 1.82) is 0 Å². The fourth-order valence-electron chi connectivity index (χ4n) is 4.58. The first kappa shape index (κ1) is 30.8. The van der Waals surface area contributed by atoms with E-state index in [1.165, 1.54) is 0 Å². The topological polar surface area (TPSA) is 117 Å². The molecule has 8 heteroatoms. The third-order valence-corrected chi connectivity index (χ3v) is 6.78. The molecule has 1 aromatic heterocycles. The molecule has 3 aromatic carbocycles. The number of Topliss-reactive ketones (excluding diaryl/α,β-unsaturated/α-hetero) is 1. The summed E-state index contributed by atoms with van der Waals surface area (Å²) in [4.78, 5) is 55.2. The molecule has 0 spiro atoms. The number of ketones is 1. The average Bonchev–Trinajstić information content (AvgIpc) is 3.03. The number of aromatic nitrogens is 1. The van der Waals surface area contributed by atoms with Gasteiger partial charge in [0.2, 0.25) is 11.8 Å². The second-order valence-electron chi connectivity index (χ2n) is 10.7. The van der Waals surface area contributed by atoms with Gasteiger partial charge in [-0.15, -0.1) is 0 Å². The number of carbonyl (C=O) groups excluding carboxylic acids is 4. The van der Waals surface area contributed by atoms with Crippen LogP contribution in [0.2, 0.25) is 0 Å². The molecule has 0 radical (unpaired) electrons. The largest absolute Gasteiger partial charge is 0.349 e. The van der Waals surface area contributed by atoms with Crippen molar-refractivity contribution < 1.29 is 19.2 Å². The lowest BCUT2D eigenvalue weighted by molar-refractivity contribution is -0.127. The molecule has 1 heterocycles. The summed E-state index contributed by atoms with van der Waals surface area (Å²) in [6.45, 7) is 3.43. The van der Waals surface area contributed by atoms with E-state index in [1.54, 1.807) is 18.3 Å². The van der Waals surface area contributed by atoms with Crippen molar-refractivity contribution in [2.75, 3.05) is 13.1 Å². The summed E-state index contributed by atoms with van der Waals surface area (Å²) in [7, 11) is 0. The van der Waals surface area contributed by atoms with Crippen LogP contribution in [0, 0.1) is 5.92 Å². The van der Waals surface area contributed by atoms with E-state index >= 15 is 0 Å². The van der Waals surface area contributed by atoms with Crippen LogP contribution in [0.3, 0.4) is 0 Å². The minimum atomic E-state index is -0.810. The summed E-state index contributed by atoms with van der Waals surface area (Å²) in [5.74, 6) is -1.35. The van der Waals surface area contributed by atoms with E-state index in [4.69, 9.17) is 0 Å². The number of hydrogen-bond acceptors (Lipinski definition) is 5. The third-order valence-electron chi connectivity index (χ3n) is 6.78. The standard InChI is InChI=1S/C35H36N4O4/c1-24(2)19-32(39-34(42)28-16-14-27(15-17-28)26-10-4-3-5-11-26)35(43)38-23-30(40)22-37-33(41)21-25-9-8-12-29(20-25)31-13-6-7-18-36-31/h3-18,20,24,32H,19,21-23H2,1-2H3,(H,37,41)(H,38,43)(H,39,42). The fourth-order valence-corrected chi connectivity index (χ4v) is 4.58. The first-order valence-corrected chi connectivity index (χ1v) is 14.3. The van der Waals surface area contributed by atoms with Crippen molar-refractivity contribution in [3.8, 4) is 22.4 Å². The van der Waals surface area contributed by atoms with E-state index in [0.717, 1.165) is 27.9 Å².